The number of anilines is 1. The van der Waals surface area contributed by atoms with Crippen LogP contribution in [0.4, 0.5) is 5.69 Å². The molecule has 42 heavy (non-hydrogen) atoms. The first-order valence-corrected chi connectivity index (χ1v) is 15.8. The summed E-state index contributed by atoms with van der Waals surface area (Å²) in [4.78, 5) is 2.84. The average Bonchev–Trinajstić information content (AvgIpc) is 3.16. The molecule has 210 valence electrons. The lowest BCUT2D eigenvalue weighted by Crippen LogP contribution is -2.42. The Morgan fingerprint density at radius 1 is 0.810 bits per heavy atom. The number of allylic oxidation sites excluding steroid dienone is 5. The number of nitrogens with one attached hydrogen (secondary N) is 1. The Balaban J connectivity index is 1.30. The van der Waals surface area contributed by atoms with Crippen LogP contribution in [0, 0.1) is 11.8 Å². The number of rotatable bonds is 2. The number of hydrogen-bond donors (Lipinski definition) is 1. The van der Waals surface area contributed by atoms with E-state index in [0.29, 0.717) is 17.8 Å². The van der Waals surface area contributed by atoms with E-state index in [2.05, 4.69) is 147 Å². The molecule has 0 bridgehead atoms. The molecule has 2 nitrogen and oxygen atoms in total. The summed E-state index contributed by atoms with van der Waals surface area (Å²) >= 11 is 0. The quantitative estimate of drug-likeness (QED) is 0.343. The van der Waals surface area contributed by atoms with Gasteiger partial charge in [-0.1, -0.05) is 131 Å². The van der Waals surface area contributed by atoms with Crippen LogP contribution in [0.15, 0.2) is 109 Å². The lowest BCUT2D eigenvalue weighted by Gasteiger charge is -2.45. The van der Waals surface area contributed by atoms with Gasteiger partial charge < -0.3 is 10.2 Å². The van der Waals surface area contributed by atoms with Gasteiger partial charge >= 0.3 is 0 Å². The molecule has 5 unspecified atom stereocenters. The normalized spacial score (nSPS) is 28.1. The standard InChI is InChI=1S/C40H40N2/c1-25-18-20-36-33(23-25)30-13-5-6-14-31(30)37-39(32-15-7-8-17-34(32)40(37,3)4)42(36)35-21-19-28(24-26(35)2)29-16-9-11-27-12-10-22-41-38(27)29/h5-21,24-26,35,37,39,41H,22-23H2,1-4H3. The molecule has 3 aromatic rings. The van der Waals surface area contributed by atoms with Crippen LogP contribution in [-0.4, -0.2) is 17.5 Å². The molecule has 0 saturated carbocycles. The molecule has 0 fully saturated rings. The molecule has 3 aliphatic carbocycles. The highest BCUT2D eigenvalue weighted by Gasteiger charge is 2.53. The predicted octanol–water partition coefficient (Wildman–Crippen LogP) is 9.52. The maximum atomic E-state index is 3.64. The summed E-state index contributed by atoms with van der Waals surface area (Å²) in [5.41, 5.74) is 14.1. The van der Waals surface area contributed by atoms with Crippen molar-refractivity contribution in [3.8, 4) is 0 Å². The van der Waals surface area contributed by atoms with Crippen molar-refractivity contribution >= 4 is 22.9 Å². The molecule has 2 heteroatoms. The van der Waals surface area contributed by atoms with Crippen molar-refractivity contribution in [2.24, 2.45) is 11.8 Å². The van der Waals surface area contributed by atoms with Crippen LogP contribution in [0.1, 0.15) is 79.5 Å². The third-order valence-electron chi connectivity index (χ3n) is 10.6. The zero-order valence-corrected chi connectivity index (χ0v) is 25.1. The Kier molecular flexibility index (Phi) is 5.80. The fourth-order valence-corrected chi connectivity index (χ4v) is 8.67. The summed E-state index contributed by atoms with van der Waals surface area (Å²) in [5, 5.41) is 3.64. The number of nitrogens with zero attached hydrogens (tertiary/aromatic N) is 1. The van der Waals surface area contributed by atoms with Gasteiger partial charge in [0.05, 0.1) is 12.1 Å². The number of hydrogen-bond acceptors (Lipinski definition) is 2. The molecule has 5 aliphatic rings. The smallest absolute Gasteiger partial charge is 0.0628 e. The van der Waals surface area contributed by atoms with Crippen LogP contribution in [0.5, 0.6) is 0 Å². The monoisotopic (exact) mass is 548 g/mol. The second kappa shape index (κ2) is 9.49. The van der Waals surface area contributed by atoms with E-state index in [4.69, 9.17) is 0 Å². The van der Waals surface area contributed by atoms with Gasteiger partial charge in [0.1, 0.15) is 0 Å². The van der Waals surface area contributed by atoms with Gasteiger partial charge in [-0.05, 0) is 68.7 Å². The predicted molar refractivity (Wildman–Crippen MR) is 177 cm³/mol. The first-order chi connectivity index (χ1) is 20.4. The van der Waals surface area contributed by atoms with E-state index in [1.807, 2.05) is 0 Å². The highest BCUT2D eigenvalue weighted by molar-refractivity contribution is 5.88. The zero-order valence-electron chi connectivity index (χ0n) is 25.1. The van der Waals surface area contributed by atoms with Gasteiger partial charge in [-0.3, -0.25) is 0 Å². The molecular formula is C40H40N2. The molecule has 0 amide bonds. The lowest BCUT2D eigenvalue weighted by molar-refractivity contribution is 0.159. The van der Waals surface area contributed by atoms with Gasteiger partial charge in [0.25, 0.3) is 0 Å². The first kappa shape index (κ1) is 25.7. The fourth-order valence-electron chi connectivity index (χ4n) is 8.67. The van der Waals surface area contributed by atoms with E-state index < -0.39 is 0 Å². The molecule has 8 rings (SSSR count). The van der Waals surface area contributed by atoms with Crippen molar-refractivity contribution in [3.05, 3.63) is 142 Å². The topological polar surface area (TPSA) is 15.3 Å². The summed E-state index contributed by atoms with van der Waals surface area (Å²) in [7, 11) is 0. The van der Waals surface area contributed by atoms with Gasteiger partial charge in [0.2, 0.25) is 0 Å². The van der Waals surface area contributed by atoms with Crippen LogP contribution < -0.4 is 5.32 Å². The van der Waals surface area contributed by atoms with E-state index >= 15 is 0 Å². The SMILES string of the molecule is CC1C=CC2=C(C1)c1ccccc1C1C(c3ccccc3C1(C)C)N2C1C=CC(c2cccc3c2NCC=C3)=CC1C. The lowest BCUT2D eigenvalue weighted by atomic mass is 9.72. The molecule has 2 heterocycles. The van der Waals surface area contributed by atoms with Crippen LogP contribution >= 0.6 is 0 Å². The second-order valence-corrected chi connectivity index (χ2v) is 13.5. The molecular weight excluding hydrogens is 508 g/mol. The largest absolute Gasteiger partial charge is 0.381 e. The van der Waals surface area contributed by atoms with Crippen LogP contribution in [0.2, 0.25) is 0 Å². The van der Waals surface area contributed by atoms with Gasteiger partial charge in [0.15, 0.2) is 0 Å². The van der Waals surface area contributed by atoms with Crippen molar-refractivity contribution in [1.82, 2.24) is 4.90 Å². The van der Waals surface area contributed by atoms with Gasteiger partial charge in [0, 0.05) is 29.4 Å². The van der Waals surface area contributed by atoms with Gasteiger partial charge in [-0.25, -0.2) is 0 Å². The van der Waals surface area contributed by atoms with Gasteiger partial charge in [-0.15, -0.1) is 0 Å². The zero-order chi connectivity index (χ0) is 28.6. The summed E-state index contributed by atoms with van der Waals surface area (Å²) in [6.45, 7) is 10.6. The number of para-hydroxylation sites is 1. The number of benzene rings is 3. The Labute approximate surface area is 250 Å². The Morgan fingerprint density at radius 2 is 1.60 bits per heavy atom. The van der Waals surface area contributed by atoms with E-state index in [-0.39, 0.29) is 17.5 Å². The van der Waals surface area contributed by atoms with Crippen molar-refractivity contribution in [1.29, 1.82) is 0 Å². The molecule has 3 aromatic carbocycles. The minimum Gasteiger partial charge on any atom is -0.381 e. The molecule has 0 saturated heterocycles. The maximum absolute atomic E-state index is 3.64. The van der Waals surface area contributed by atoms with Crippen LogP contribution in [0.25, 0.3) is 17.2 Å². The van der Waals surface area contributed by atoms with Crippen LogP contribution in [-0.2, 0) is 5.41 Å². The molecule has 5 atom stereocenters. The second-order valence-electron chi connectivity index (χ2n) is 13.5. The fraction of sp³-hybridized carbons (Fsp3) is 0.300. The molecule has 2 aliphatic heterocycles. The first-order valence-electron chi connectivity index (χ1n) is 15.8. The molecule has 0 aromatic heterocycles. The summed E-state index contributed by atoms with van der Waals surface area (Å²) < 4.78 is 0. The van der Waals surface area contributed by atoms with Gasteiger partial charge in [-0.2, -0.15) is 0 Å². The van der Waals surface area contributed by atoms with E-state index in [0.717, 1.165) is 13.0 Å². The number of fused-ring (bicyclic) bond motifs is 7. The van der Waals surface area contributed by atoms with E-state index in [1.165, 1.54) is 55.9 Å². The molecule has 1 N–H and O–H groups in total. The minimum absolute atomic E-state index is 0.0183. The van der Waals surface area contributed by atoms with Crippen molar-refractivity contribution in [2.75, 3.05) is 11.9 Å². The average molecular weight is 549 g/mol. The Morgan fingerprint density at radius 3 is 2.45 bits per heavy atom. The summed E-state index contributed by atoms with van der Waals surface area (Å²) in [6, 6.07) is 25.8. The highest BCUT2D eigenvalue weighted by Crippen LogP contribution is 2.61. The third kappa shape index (κ3) is 3.70. The molecule has 0 radical (unpaired) electrons. The maximum Gasteiger partial charge on any atom is 0.0628 e. The van der Waals surface area contributed by atoms with Crippen molar-refractivity contribution < 1.29 is 0 Å². The Bertz CT molecular complexity index is 1740. The van der Waals surface area contributed by atoms with Crippen LogP contribution in [0.3, 0.4) is 0 Å². The summed E-state index contributed by atoms with van der Waals surface area (Å²) in [5.74, 6) is 1.25. The van der Waals surface area contributed by atoms with Crippen molar-refractivity contribution in [3.63, 3.8) is 0 Å². The van der Waals surface area contributed by atoms with E-state index in [9.17, 15) is 0 Å². The minimum atomic E-state index is 0.0183. The summed E-state index contributed by atoms with van der Waals surface area (Å²) in [6.07, 6.45) is 17.9. The van der Waals surface area contributed by atoms with Crippen molar-refractivity contribution in [2.45, 2.75) is 57.5 Å². The molecule has 0 spiro atoms. The highest BCUT2D eigenvalue weighted by atomic mass is 15.2. The van der Waals surface area contributed by atoms with E-state index in [1.54, 1.807) is 0 Å². The Hall–Kier alpha value is -4.04. The third-order valence-corrected chi connectivity index (χ3v) is 10.6.